The maximum Gasteiger partial charge on any atom is 0.308 e. The number of amides is 2. The zero-order valence-corrected chi connectivity index (χ0v) is 14.4. The van der Waals surface area contributed by atoms with E-state index in [-0.39, 0.29) is 24.9 Å². The Morgan fingerprint density at radius 2 is 1.88 bits per heavy atom. The van der Waals surface area contributed by atoms with Gasteiger partial charge in [0.25, 0.3) is 5.91 Å². The van der Waals surface area contributed by atoms with Crippen molar-refractivity contribution in [2.45, 2.75) is 26.7 Å². The van der Waals surface area contributed by atoms with E-state index in [0.29, 0.717) is 24.9 Å². The second kappa shape index (κ2) is 7.47. The van der Waals surface area contributed by atoms with Crippen molar-refractivity contribution < 1.29 is 19.5 Å². The Labute approximate surface area is 142 Å². The number of benzene rings is 1. The number of carbonyl (C=O) groups excluding carboxylic acids is 2. The minimum absolute atomic E-state index is 0.0427. The van der Waals surface area contributed by atoms with Crippen LogP contribution in [0.15, 0.2) is 18.2 Å². The van der Waals surface area contributed by atoms with E-state index in [2.05, 4.69) is 0 Å². The number of likely N-dealkylation sites (N-methyl/N-ethyl adjacent to an activating group) is 1. The first kappa shape index (κ1) is 18.0. The van der Waals surface area contributed by atoms with Crippen molar-refractivity contribution in [3.63, 3.8) is 0 Å². The molecule has 24 heavy (non-hydrogen) atoms. The lowest BCUT2D eigenvalue weighted by molar-refractivity contribution is -0.145. The number of piperidine rings is 1. The highest BCUT2D eigenvalue weighted by molar-refractivity contribution is 5.98. The highest BCUT2D eigenvalue weighted by Gasteiger charge is 2.29. The topological polar surface area (TPSA) is 77.9 Å². The molecule has 1 N–H and O–H groups in total. The van der Waals surface area contributed by atoms with Gasteiger partial charge in [0.15, 0.2) is 0 Å². The van der Waals surface area contributed by atoms with Gasteiger partial charge in [-0.3, -0.25) is 14.4 Å². The number of rotatable bonds is 4. The third-order valence-electron chi connectivity index (χ3n) is 4.54. The number of aliphatic carboxylic acids is 1. The molecule has 2 rings (SSSR count). The smallest absolute Gasteiger partial charge is 0.308 e. The summed E-state index contributed by atoms with van der Waals surface area (Å²) in [7, 11) is 1.60. The summed E-state index contributed by atoms with van der Waals surface area (Å²) in [5, 5.41) is 9.12. The number of likely N-dealkylation sites (tertiary alicyclic amines) is 1. The van der Waals surface area contributed by atoms with E-state index >= 15 is 0 Å². The predicted molar refractivity (Wildman–Crippen MR) is 89.8 cm³/mol. The molecule has 1 fully saturated rings. The van der Waals surface area contributed by atoms with Crippen molar-refractivity contribution in [3.8, 4) is 0 Å². The average Bonchev–Trinajstić information content (AvgIpc) is 2.54. The van der Waals surface area contributed by atoms with Crippen LogP contribution in [-0.4, -0.2) is 59.4 Å². The summed E-state index contributed by atoms with van der Waals surface area (Å²) in [6.45, 7) is 4.47. The van der Waals surface area contributed by atoms with Crippen LogP contribution < -0.4 is 0 Å². The Hall–Kier alpha value is -2.37. The Balaban J connectivity index is 2.03. The van der Waals surface area contributed by atoms with E-state index in [1.807, 2.05) is 32.0 Å². The maximum atomic E-state index is 12.6. The second-order valence-electron chi connectivity index (χ2n) is 6.45. The molecule has 0 aromatic heterocycles. The molecule has 0 spiro atoms. The van der Waals surface area contributed by atoms with Crippen LogP contribution in [0.1, 0.15) is 34.3 Å². The van der Waals surface area contributed by atoms with Gasteiger partial charge in [-0.2, -0.15) is 0 Å². The summed E-state index contributed by atoms with van der Waals surface area (Å²) in [4.78, 5) is 39.1. The van der Waals surface area contributed by atoms with Crippen molar-refractivity contribution in [3.05, 3.63) is 34.9 Å². The summed E-state index contributed by atoms with van der Waals surface area (Å²) >= 11 is 0. The minimum Gasteiger partial charge on any atom is -0.481 e. The van der Waals surface area contributed by atoms with Crippen molar-refractivity contribution in [1.82, 2.24) is 9.80 Å². The minimum atomic E-state index is -0.868. The van der Waals surface area contributed by atoms with Crippen molar-refractivity contribution in [1.29, 1.82) is 0 Å². The Bertz CT molecular complexity index is 636. The van der Waals surface area contributed by atoms with E-state index in [0.717, 1.165) is 11.1 Å². The lowest BCUT2D eigenvalue weighted by Crippen LogP contribution is -2.47. The molecule has 1 heterocycles. The zero-order chi connectivity index (χ0) is 17.9. The molecule has 6 heteroatoms. The molecule has 130 valence electrons. The first-order valence-corrected chi connectivity index (χ1v) is 8.13. The van der Waals surface area contributed by atoms with Crippen molar-refractivity contribution in [2.24, 2.45) is 5.92 Å². The van der Waals surface area contributed by atoms with Crippen LogP contribution in [0.3, 0.4) is 0 Å². The molecule has 6 nitrogen and oxygen atoms in total. The van der Waals surface area contributed by atoms with E-state index in [1.54, 1.807) is 11.9 Å². The number of aryl methyl sites for hydroxylation is 2. The molecular weight excluding hydrogens is 308 g/mol. The van der Waals surface area contributed by atoms with Gasteiger partial charge in [-0.1, -0.05) is 18.2 Å². The third-order valence-corrected chi connectivity index (χ3v) is 4.54. The molecule has 0 bridgehead atoms. The van der Waals surface area contributed by atoms with Gasteiger partial charge in [0.1, 0.15) is 0 Å². The van der Waals surface area contributed by atoms with Crippen LogP contribution in [0.2, 0.25) is 0 Å². The fourth-order valence-electron chi connectivity index (χ4n) is 3.12. The van der Waals surface area contributed by atoms with Gasteiger partial charge < -0.3 is 14.9 Å². The molecular formula is C18H24N2O4. The third kappa shape index (κ3) is 3.93. The maximum absolute atomic E-state index is 12.6. The summed E-state index contributed by atoms with van der Waals surface area (Å²) in [5.41, 5.74) is 2.38. The number of carbonyl (C=O) groups is 3. The van der Waals surface area contributed by atoms with Gasteiger partial charge >= 0.3 is 5.97 Å². The van der Waals surface area contributed by atoms with Crippen LogP contribution in [0.25, 0.3) is 0 Å². The highest BCUT2D eigenvalue weighted by Crippen LogP contribution is 2.18. The Kier molecular flexibility index (Phi) is 5.59. The van der Waals surface area contributed by atoms with Crippen LogP contribution in [0.5, 0.6) is 0 Å². The fourth-order valence-corrected chi connectivity index (χ4v) is 3.12. The standard InChI is InChI=1S/C18H24N2O4/c1-12-6-4-7-13(2)16(12)17(22)19(3)11-15(21)20-9-5-8-14(10-20)18(23)24/h4,6-7,14H,5,8-11H2,1-3H3,(H,23,24). The van der Waals surface area contributed by atoms with Crippen LogP contribution in [0, 0.1) is 19.8 Å². The van der Waals surface area contributed by atoms with Gasteiger partial charge in [0.05, 0.1) is 12.5 Å². The summed E-state index contributed by atoms with van der Waals surface area (Å²) in [6.07, 6.45) is 1.27. The van der Waals surface area contributed by atoms with Crippen molar-refractivity contribution >= 4 is 17.8 Å². The summed E-state index contributed by atoms with van der Waals surface area (Å²) < 4.78 is 0. The molecule has 0 radical (unpaired) electrons. The molecule has 1 aromatic rings. The quantitative estimate of drug-likeness (QED) is 0.910. The molecule has 1 aliphatic heterocycles. The van der Waals surface area contributed by atoms with Gasteiger partial charge in [0, 0.05) is 25.7 Å². The Morgan fingerprint density at radius 3 is 2.46 bits per heavy atom. The highest BCUT2D eigenvalue weighted by atomic mass is 16.4. The van der Waals surface area contributed by atoms with E-state index in [4.69, 9.17) is 5.11 Å². The molecule has 1 atom stereocenters. The normalized spacial score (nSPS) is 17.5. The van der Waals surface area contributed by atoms with Crippen LogP contribution in [0.4, 0.5) is 0 Å². The van der Waals surface area contributed by atoms with Gasteiger partial charge in [-0.25, -0.2) is 0 Å². The first-order chi connectivity index (χ1) is 11.3. The van der Waals surface area contributed by atoms with Gasteiger partial charge in [0.2, 0.25) is 5.91 Å². The second-order valence-corrected chi connectivity index (χ2v) is 6.45. The number of hydrogen-bond donors (Lipinski definition) is 1. The molecule has 2 amide bonds. The summed E-state index contributed by atoms with van der Waals surface area (Å²) in [5.74, 6) is -1.77. The SMILES string of the molecule is Cc1cccc(C)c1C(=O)N(C)CC(=O)N1CCCC(C(=O)O)C1. The van der Waals surface area contributed by atoms with Crippen molar-refractivity contribution in [2.75, 3.05) is 26.7 Å². The average molecular weight is 332 g/mol. The van der Waals surface area contributed by atoms with Crippen LogP contribution in [-0.2, 0) is 9.59 Å². The number of hydrogen-bond acceptors (Lipinski definition) is 3. The zero-order valence-electron chi connectivity index (χ0n) is 14.4. The van der Waals surface area contributed by atoms with E-state index in [1.165, 1.54) is 4.90 Å². The van der Waals surface area contributed by atoms with E-state index in [9.17, 15) is 14.4 Å². The number of nitrogens with zero attached hydrogens (tertiary/aromatic N) is 2. The van der Waals surface area contributed by atoms with E-state index < -0.39 is 11.9 Å². The summed E-state index contributed by atoms with van der Waals surface area (Å²) in [6, 6.07) is 5.64. The Morgan fingerprint density at radius 1 is 1.25 bits per heavy atom. The first-order valence-electron chi connectivity index (χ1n) is 8.13. The molecule has 1 saturated heterocycles. The lowest BCUT2D eigenvalue weighted by atomic mass is 9.98. The van der Waals surface area contributed by atoms with Gasteiger partial charge in [-0.15, -0.1) is 0 Å². The van der Waals surface area contributed by atoms with Crippen LogP contribution >= 0.6 is 0 Å². The molecule has 0 saturated carbocycles. The van der Waals surface area contributed by atoms with Gasteiger partial charge in [-0.05, 0) is 37.8 Å². The fraction of sp³-hybridized carbons (Fsp3) is 0.500. The number of carboxylic acid groups (broad SMARTS) is 1. The monoisotopic (exact) mass is 332 g/mol. The lowest BCUT2D eigenvalue weighted by Gasteiger charge is -2.32. The molecule has 1 aromatic carbocycles. The molecule has 0 aliphatic carbocycles. The number of carboxylic acids is 1. The molecule has 1 unspecified atom stereocenters. The predicted octanol–water partition coefficient (Wildman–Crippen LogP) is 1.70. The largest absolute Gasteiger partial charge is 0.481 e. The molecule has 1 aliphatic rings.